The van der Waals surface area contributed by atoms with Crippen LogP contribution in [0.2, 0.25) is 0 Å². The first-order chi connectivity index (χ1) is 9.20. The summed E-state index contributed by atoms with van der Waals surface area (Å²) < 4.78 is 36.0. The lowest BCUT2D eigenvalue weighted by atomic mass is 10.1. The summed E-state index contributed by atoms with van der Waals surface area (Å²) in [6.07, 6.45) is -5.01. The van der Waals surface area contributed by atoms with Gasteiger partial charge in [-0.1, -0.05) is 0 Å². The molecule has 1 amide bonds. The van der Waals surface area contributed by atoms with Gasteiger partial charge in [0.2, 0.25) is 0 Å². The molecule has 0 aromatic heterocycles. The molecular formula is C13H18F3N3O. The lowest BCUT2D eigenvalue weighted by molar-refractivity contribution is -0.134. The van der Waals surface area contributed by atoms with E-state index in [-0.39, 0.29) is 18.9 Å². The average molecular weight is 289 g/mol. The zero-order valence-corrected chi connectivity index (χ0v) is 11.4. The maximum Gasteiger partial charge on any atom is 0.389 e. The average Bonchev–Trinajstić information content (AvgIpc) is 2.33. The van der Waals surface area contributed by atoms with Crippen molar-refractivity contribution in [3.8, 4) is 0 Å². The molecule has 112 valence electrons. The second kappa shape index (κ2) is 6.49. The molecule has 1 aromatic rings. The summed E-state index contributed by atoms with van der Waals surface area (Å²) in [6.45, 7) is 0.171. The van der Waals surface area contributed by atoms with Crippen LogP contribution < -0.4 is 11.1 Å². The van der Waals surface area contributed by atoms with Crippen molar-refractivity contribution in [3.63, 3.8) is 0 Å². The second-order valence-electron chi connectivity index (χ2n) is 4.65. The minimum atomic E-state index is -4.14. The summed E-state index contributed by atoms with van der Waals surface area (Å²) in [5.41, 5.74) is 7.08. The molecule has 3 N–H and O–H groups in total. The van der Waals surface area contributed by atoms with Gasteiger partial charge in [0.15, 0.2) is 0 Å². The van der Waals surface area contributed by atoms with E-state index in [0.717, 1.165) is 0 Å². The lowest BCUT2D eigenvalue weighted by Crippen LogP contribution is -2.21. The Morgan fingerprint density at radius 2 is 2.00 bits per heavy atom. The Hall–Kier alpha value is -1.92. The number of nitrogens with zero attached hydrogens (tertiary/aromatic N) is 1. The Morgan fingerprint density at radius 3 is 2.50 bits per heavy atom. The molecule has 0 atom stereocenters. The Labute approximate surface area is 115 Å². The fourth-order valence-electron chi connectivity index (χ4n) is 1.63. The number of hydrogen-bond donors (Lipinski definition) is 2. The molecule has 0 spiro atoms. The van der Waals surface area contributed by atoms with E-state index >= 15 is 0 Å². The maximum atomic E-state index is 12.0. The van der Waals surface area contributed by atoms with Crippen molar-refractivity contribution in [2.24, 2.45) is 0 Å². The number of halogens is 3. The predicted molar refractivity (Wildman–Crippen MR) is 72.7 cm³/mol. The third-order valence-electron chi connectivity index (χ3n) is 2.66. The van der Waals surface area contributed by atoms with E-state index in [1.54, 1.807) is 26.2 Å². The van der Waals surface area contributed by atoms with Gasteiger partial charge in [0, 0.05) is 32.6 Å². The molecule has 0 saturated heterocycles. The summed E-state index contributed by atoms with van der Waals surface area (Å²) in [4.78, 5) is 13.1. The molecule has 0 heterocycles. The first-order valence-electron chi connectivity index (χ1n) is 6.12. The van der Waals surface area contributed by atoms with Crippen molar-refractivity contribution in [2.75, 3.05) is 31.7 Å². The van der Waals surface area contributed by atoms with Gasteiger partial charge in [-0.2, -0.15) is 13.2 Å². The van der Waals surface area contributed by atoms with Gasteiger partial charge in [0.05, 0.1) is 11.4 Å². The predicted octanol–water partition coefficient (Wildman–Crippen LogP) is 2.73. The number of nitrogen functional groups attached to an aromatic ring is 1. The third-order valence-corrected chi connectivity index (χ3v) is 2.66. The van der Waals surface area contributed by atoms with Crippen molar-refractivity contribution in [3.05, 3.63) is 23.8 Å². The lowest BCUT2D eigenvalue weighted by Gasteiger charge is -2.14. The van der Waals surface area contributed by atoms with Gasteiger partial charge < -0.3 is 16.0 Å². The first-order valence-corrected chi connectivity index (χ1v) is 6.12. The van der Waals surface area contributed by atoms with Crippen molar-refractivity contribution in [1.29, 1.82) is 0 Å². The molecule has 0 saturated carbocycles. The number of nitrogens with two attached hydrogens (primary N) is 1. The van der Waals surface area contributed by atoms with E-state index in [1.165, 1.54) is 11.0 Å². The number of alkyl halides is 3. The molecule has 0 bridgehead atoms. The van der Waals surface area contributed by atoms with Gasteiger partial charge in [0.25, 0.3) is 5.91 Å². The number of benzene rings is 1. The summed E-state index contributed by atoms with van der Waals surface area (Å²) in [7, 11) is 3.25. The molecule has 0 aliphatic heterocycles. The molecule has 1 rings (SSSR count). The van der Waals surface area contributed by atoms with E-state index in [0.29, 0.717) is 16.9 Å². The van der Waals surface area contributed by atoms with Crippen LogP contribution in [0, 0.1) is 0 Å². The number of rotatable bonds is 5. The molecule has 0 aliphatic carbocycles. The van der Waals surface area contributed by atoms with E-state index < -0.39 is 12.6 Å². The van der Waals surface area contributed by atoms with E-state index in [2.05, 4.69) is 5.32 Å². The van der Waals surface area contributed by atoms with E-state index in [4.69, 9.17) is 5.73 Å². The minimum absolute atomic E-state index is 0.0265. The number of nitrogens with one attached hydrogen (secondary N) is 1. The van der Waals surface area contributed by atoms with Crippen LogP contribution in [0.5, 0.6) is 0 Å². The highest BCUT2D eigenvalue weighted by atomic mass is 19.4. The fraction of sp³-hybridized carbons (Fsp3) is 0.462. The van der Waals surface area contributed by atoms with Crippen molar-refractivity contribution in [2.45, 2.75) is 19.0 Å². The number of amides is 1. The van der Waals surface area contributed by atoms with Crippen LogP contribution in [0.3, 0.4) is 0 Å². The Kier molecular flexibility index (Phi) is 5.24. The van der Waals surface area contributed by atoms with Crippen molar-refractivity contribution < 1.29 is 18.0 Å². The standard InChI is InChI=1S/C13H18F3N3O/c1-19(2)12(20)9-4-5-11(10(17)8-9)18-7-3-6-13(14,15)16/h4-5,8,18H,3,6-7,17H2,1-2H3. The third kappa shape index (κ3) is 4.99. The van der Waals surface area contributed by atoms with Gasteiger partial charge in [-0.15, -0.1) is 0 Å². The summed E-state index contributed by atoms with van der Waals surface area (Å²) in [5, 5.41) is 2.83. The smallest absolute Gasteiger partial charge is 0.389 e. The van der Waals surface area contributed by atoms with Crippen molar-refractivity contribution in [1.82, 2.24) is 4.90 Å². The summed E-state index contributed by atoms with van der Waals surface area (Å²) in [5.74, 6) is -0.180. The monoisotopic (exact) mass is 289 g/mol. The molecule has 0 radical (unpaired) electrons. The molecule has 1 aromatic carbocycles. The Balaban J connectivity index is 2.58. The van der Waals surface area contributed by atoms with Gasteiger partial charge in [0.1, 0.15) is 0 Å². The highest BCUT2D eigenvalue weighted by Crippen LogP contribution is 2.23. The van der Waals surface area contributed by atoms with Gasteiger partial charge >= 0.3 is 6.18 Å². The topological polar surface area (TPSA) is 58.4 Å². The van der Waals surface area contributed by atoms with Crippen LogP contribution in [-0.4, -0.2) is 37.6 Å². The minimum Gasteiger partial charge on any atom is -0.397 e. The zero-order chi connectivity index (χ0) is 15.3. The van der Waals surface area contributed by atoms with Gasteiger partial charge in [-0.25, -0.2) is 0 Å². The van der Waals surface area contributed by atoms with Gasteiger partial charge in [-0.05, 0) is 24.6 Å². The van der Waals surface area contributed by atoms with Crippen LogP contribution in [0.1, 0.15) is 23.2 Å². The normalized spacial score (nSPS) is 11.2. The van der Waals surface area contributed by atoms with Crippen LogP contribution in [-0.2, 0) is 0 Å². The van der Waals surface area contributed by atoms with E-state index in [9.17, 15) is 18.0 Å². The Bertz CT molecular complexity index is 472. The molecule has 0 unspecified atom stereocenters. The first kappa shape index (κ1) is 16.1. The van der Waals surface area contributed by atoms with Crippen LogP contribution in [0.4, 0.5) is 24.5 Å². The van der Waals surface area contributed by atoms with Crippen LogP contribution in [0.15, 0.2) is 18.2 Å². The molecule has 0 fully saturated rings. The van der Waals surface area contributed by atoms with Crippen LogP contribution in [0.25, 0.3) is 0 Å². The number of carbonyl (C=O) groups is 1. The highest BCUT2D eigenvalue weighted by Gasteiger charge is 2.25. The number of anilines is 2. The summed E-state index contributed by atoms with van der Waals surface area (Å²) >= 11 is 0. The number of hydrogen-bond acceptors (Lipinski definition) is 3. The largest absolute Gasteiger partial charge is 0.397 e. The highest BCUT2D eigenvalue weighted by molar-refractivity contribution is 5.95. The number of carbonyl (C=O) groups excluding carboxylic acids is 1. The zero-order valence-electron chi connectivity index (χ0n) is 11.4. The molecule has 7 heteroatoms. The quantitative estimate of drug-likeness (QED) is 0.647. The van der Waals surface area contributed by atoms with E-state index in [1.807, 2.05) is 0 Å². The van der Waals surface area contributed by atoms with Crippen molar-refractivity contribution >= 4 is 17.3 Å². The Morgan fingerprint density at radius 1 is 1.35 bits per heavy atom. The molecule has 4 nitrogen and oxygen atoms in total. The molecular weight excluding hydrogens is 271 g/mol. The van der Waals surface area contributed by atoms with Gasteiger partial charge in [-0.3, -0.25) is 4.79 Å². The fourth-order valence-corrected chi connectivity index (χ4v) is 1.63. The SMILES string of the molecule is CN(C)C(=O)c1ccc(NCCCC(F)(F)F)c(N)c1. The summed E-state index contributed by atoms with van der Waals surface area (Å²) in [6, 6.07) is 4.69. The maximum absolute atomic E-state index is 12.0. The molecule has 20 heavy (non-hydrogen) atoms. The second-order valence-corrected chi connectivity index (χ2v) is 4.65. The molecule has 0 aliphatic rings. The van der Waals surface area contributed by atoms with Crippen LogP contribution >= 0.6 is 0 Å².